The molecular weight excluding hydrogens is 372 g/mol. The lowest BCUT2D eigenvalue weighted by molar-refractivity contribution is -0.121. The Labute approximate surface area is 168 Å². The molecule has 6 nitrogen and oxygen atoms in total. The number of carbonyl (C=O) groups is 2. The monoisotopic (exact) mass is 396 g/mol. The summed E-state index contributed by atoms with van der Waals surface area (Å²) in [5, 5.41) is 7.62. The van der Waals surface area contributed by atoms with E-state index in [2.05, 4.69) is 32.3 Å². The first kappa shape index (κ1) is 19.8. The molecule has 146 valence electrons. The van der Waals surface area contributed by atoms with Crippen LogP contribution in [0, 0.1) is 0 Å². The number of carbonyl (C=O) groups excluding carboxylic acids is 2. The molecule has 0 unspecified atom stereocenters. The molecule has 0 spiro atoms. The minimum atomic E-state index is -0.0827. The van der Waals surface area contributed by atoms with Gasteiger partial charge < -0.3 is 15.2 Å². The topological polar surface area (TPSA) is 76.0 Å². The number of aromatic nitrogens is 2. The average Bonchev–Trinajstić information content (AvgIpc) is 3.39. The molecule has 0 aliphatic carbocycles. The van der Waals surface area contributed by atoms with Gasteiger partial charge in [0.25, 0.3) is 5.91 Å². The zero-order valence-electron chi connectivity index (χ0n) is 15.6. The number of hydrogen-bond donors (Lipinski definition) is 2. The van der Waals surface area contributed by atoms with Crippen molar-refractivity contribution < 1.29 is 9.59 Å². The summed E-state index contributed by atoms with van der Waals surface area (Å²) in [6.07, 6.45) is 5.44. The molecule has 1 aromatic carbocycles. The van der Waals surface area contributed by atoms with E-state index in [1.54, 1.807) is 12.3 Å². The van der Waals surface area contributed by atoms with Gasteiger partial charge >= 0.3 is 0 Å². The lowest BCUT2D eigenvalue weighted by Crippen LogP contribution is -2.28. The first-order valence-electron chi connectivity index (χ1n) is 9.35. The van der Waals surface area contributed by atoms with Crippen LogP contribution < -0.4 is 10.6 Å². The van der Waals surface area contributed by atoms with Crippen LogP contribution in [0.25, 0.3) is 0 Å². The Bertz CT molecular complexity index is 875. The summed E-state index contributed by atoms with van der Waals surface area (Å²) in [4.78, 5) is 28.9. The lowest BCUT2D eigenvalue weighted by Gasteiger charge is -2.09. The number of rotatable bonds is 10. The fourth-order valence-electron chi connectivity index (χ4n) is 2.84. The molecule has 0 aliphatic heterocycles. The van der Waals surface area contributed by atoms with Crippen LogP contribution in [0.4, 0.5) is 0 Å². The van der Waals surface area contributed by atoms with Gasteiger partial charge in [0.05, 0.1) is 4.88 Å². The minimum Gasteiger partial charge on any atom is -0.356 e. The van der Waals surface area contributed by atoms with Crippen LogP contribution in [-0.2, 0) is 17.8 Å². The van der Waals surface area contributed by atoms with Crippen molar-refractivity contribution in [2.75, 3.05) is 13.1 Å². The highest BCUT2D eigenvalue weighted by atomic mass is 32.1. The molecule has 7 heteroatoms. The Balaban J connectivity index is 1.32. The van der Waals surface area contributed by atoms with Crippen molar-refractivity contribution in [1.29, 1.82) is 0 Å². The number of nitrogens with zero attached hydrogens (tertiary/aromatic N) is 2. The van der Waals surface area contributed by atoms with Gasteiger partial charge in [0.1, 0.15) is 5.82 Å². The SMILES string of the molecule is O=C(CCCNC(=O)c1cccs1)NCCc1nccn1Cc1ccccc1. The van der Waals surface area contributed by atoms with Gasteiger partial charge in [-0.15, -0.1) is 11.3 Å². The van der Waals surface area contributed by atoms with Crippen LogP contribution in [-0.4, -0.2) is 34.5 Å². The highest BCUT2D eigenvalue weighted by molar-refractivity contribution is 7.12. The zero-order valence-corrected chi connectivity index (χ0v) is 16.5. The second kappa shape index (κ2) is 10.4. The van der Waals surface area contributed by atoms with Crippen LogP contribution in [0.3, 0.4) is 0 Å². The van der Waals surface area contributed by atoms with Crippen molar-refractivity contribution in [3.05, 3.63) is 76.5 Å². The molecule has 0 radical (unpaired) electrons. The molecular formula is C21H24N4O2S. The van der Waals surface area contributed by atoms with E-state index in [-0.39, 0.29) is 11.8 Å². The van der Waals surface area contributed by atoms with E-state index in [9.17, 15) is 9.59 Å². The summed E-state index contributed by atoms with van der Waals surface area (Å²) in [7, 11) is 0. The van der Waals surface area contributed by atoms with Gasteiger partial charge in [-0.05, 0) is 23.4 Å². The number of benzene rings is 1. The van der Waals surface area contributed by atoms with Crippen molar-refractivity contribution in [2.45, 2.75) is 25.8 Å². The first-order valence-corrected chi connectivity index (χ1v) is 10.2. The van der Waals surface area contributed by atoms with Crippen molar-refractivity contribution in [3.8, 4) is 0 Å². The number of nitrogens with one attached hydrogen (secondary N) is 2. The third kappa shape index (κ3) is 6.06. The van der Waals surface area contributed by atoms with Crippen LogP contribution >= 0.6 is 11.3 Å². The molecule has 0 saturated carbocycles. The molecule has 2 N–H and O–H groups in total. The first-order chi connectivity index (χ1) is 13.7. The number of thiophene rings is 1. The van der Waals surface area contributed by atoms with Crippen LogP contribution in [0.5, 0.6) is 0 Å². The van der Waals surface area contributed by atoms with Crippen molar-refractivity contribution in [2.24, 2.45) is 0 Å². The second-order valence-electron chi connectivity index (χ2n) is 6.39. The fraction of sp³-hybridized carbons (Fsp3) is 0.286. The van der Waals surface area contributed by atoms with Gasteiger partial charge in [0.15, 0.2) is 0 Å². The molecule has 28 heavy (non-hydrogen) atoms. The summed E-state index contributed by atoms with van der Waals surface area (Å²) < 4.78 is 2.10. The highest BCUT2D eigenvalue weighted by Crippen LogP contribution is 2.08. The maximum Gasteiger partial charge on any atom is 0.261 e. The summed E-state index contributed by atoms with van der Waals surface area (Å²) in [5.41, 5.74) is 1.22. The Morgan fingerprint density at radius 2 is 1.89 bits per heavy atom. The molecule has 0 aliphatic rings. The number of amides is 2. The molecule has 2 amide bonds. The second-order valence-corrected chi connectivity index (χ2v) is 7.34. The molecule has 3 rings (SSSR count). The smallest absolute Gasteiger partial charge is 0.261 e. The Morgan fingerprint density at radius 3 is 2.68 bits per heavy atom. The van der Waals surface area contributed by atoms with Gasteiger partial charge in [-0.3, -0.25) is 9.59 Å². The maximum absolute atomic E-state index is 12.0. The van der Waals surface area contributed by atoms with E-state index < -0.39 is 0 Å². The average molecular weight is 397 g/mol. The van der Waals surface area contributed by atoms with Crippen LogP contribution in [0.2, 0.25) is 0 Å². The molecule has 0 atom stereocenters. The summed E-state index contributed by atoms with van der Waals surface area (Å²) in [5.74, 6) is 0.861. The van der Waals surface area contributed by atoms with Crippen molar-refractivity contribution >= 4 is 23.2 Å². The Morgan fingerprint density at radius 1 is 1.04 bits per heavy atom. The van der Waals surface area contributed by atoms with Crippen molar-refractivity contribution in [3.63, 3.8) is 0 Å². The van der Waals surface area contributed by atoms with E-state index >= 15 is 0 Å². The lowest BCUT2D eigenvalue weighted by atomic mass is 10.2. The van der Waals surface area contributed by atoms with Crippen LogP contribution in [0.1, 0.15) is 33.9 Å². The van der Waals surface area contributed by atoms with Gasteiger partial charge in [-0.1, -0.05) is 36.4 Å². The summed E-state index contributed by atoms with van der Waals surface area (Å²) in [6, 6.07) is 13.9. The van der Waals surface area contributed by atoms with Gasteiger partial charge in [0.2, 0.25) is 5.91 Å². The predicted octanol–water partition coefficient (Wildman–Crippen LogP) is 2.86. The van der Waals surface area contributed by atoms with E-state index in [0.29, 0.717) is 37.2 Å². The van der Waals surface area contributed by atoms with Gasteiger partial charge in [0, 0.05) is 44.9 Å². The Hall–Kier alpha value is -2.93. The third-order valence-electron chi connectivity index (χ3n) is 4.28. The van der Waals surface area contributed by atoms with E-state index in [1.807, 2.05) is 35.8 Å². The molecule has 0 saturated heterocycles. The number of imidazole rings is 1. The fourth-order valence-corrected chi connectivity index (χ4v) is 3.48. The molecule has 2 heterocycles. The van der Waals surface area contributed by atoms with Gasteiger partial charge in [-0.25, -0.2) is 4.98 Å². The Kier molecular flexibility index (Phi) is 7.37. The van der Waals surface area contributed by atoms with E-state index in [4.69, 9.17) is 0 Å². The van der Waals surface area contributed by atoms with Crippen LogP contribution in [0.15, 0.2) is 60.2 Å². The highest BCUT2D eigenvalue weighted by Gasteiger charge is 2.07. The molecule has 2 aromatic heterocycles. The zero-order chi connectivity index (χ0) is 19.6. The third-order valence-corrected chi connectivity index (χ3v) is 5.15. The van der Waals surface area contributed by atoms with Crippen molar-refractivity contribution in [1.82, 2.24) is 20.2 Å². The predicted molar refractivity (Wildman–Crippen MR) is 110 cm³/mol. The maximum atomic E-state index is 12.0. The standard InChI is InChI=1S/C21H24N4O2S/c26-20(9-4-11-24-21(27)18-8-5-15-28-18)23-12-10-19-22-13-14-25(19)16-17-6-2-1-3-7-17/h1-3,5-8,13-15H,4,9-12,16H2,(H,23,26)(H,24,27). The largest absolute Gasteiger partial charge is 0.356 e. The quantitative estimate of drug-likeness (QED) is 0.518. The molecule has 0 bridgehead atoms. The summed E-state index contributed by atoms with van der Waals surface area (Å²) >= 11 is 1.41. The van der Waals surface area contributed by atoms with E-state index in [1.165, 1.54) is 16.9 Å². The minimum absolute atomic E-state index is 0.00784. The number of hydrogen-bond acceptors (Lipinski definition) is 4. The normalized spacial score (nSPS) is 10.6. The molecule has 0 fully saturated rings. The summed E-state index contributed by atoms with van der Waals surface area (Å²) in [6.45, 7) is 1.81. The molecule has 3 aromatic rings. The van der Waals surface area contributed by atoms with Gasteiger partial charge in [-0.2, -0.15) is 0 Å². The van der Waals surface area contributed by atoms with E-state index in [0.717, 1.165) is 12.4 Å².